The molecule has 0 bridgehead atoms. The van der Waals surface area contributed by atoms with Crippen molar-refractivity contribution in [2.75, 3.05) is 26.2 Å². The molecule has 1 aromatic heterocycles. The predicted octanol–water partition coefficient (Wildman–Crippen LogP) is 3.43. The summed E-state index contributed by atoms with van der Waals surface area (Å²) in [6.07, 6.45) is 14.5. The Balaban J connectivity index is 1.78. The average molecular weight is 277 g/mol. The van der Waals surface area contributed by atoms with Crippen molar-refractivity contribution in [3.05, 3.63) is 18.4 Å². The van der Waals surface area contributed by atoms with Gasteiger partial charge in [0.15, 0.2) is 0 Å². The number of rotatable bonds is 3. The van der Waals surface area contributed by atoms with Crippen LogP contribution in [-0.4, -0.2) is 41.0 Å². The summed E-state index contributed by atoms with van der Waals surface area (Å²) in [5.74, 6) is 0.897. The van der Waals surface area contributed by atoms with E-state index in [4.69, 9.17) is 4.42 Å². The van der Waals surface area contributed by atoms with E-state index in [1.165, 1.54) is 77.5 Å². The van der Waals surface area contributed by atoms with Crippen LogP contribution >= 0.6 is 0 Å². The van der Waals surface area contributed by atoms with Gasteiger partial charge in [-0.2, -0.15) is 0 Å². The fourth-order valence-corrected chi connectivity index (χ4v) is 3.58. The summed E-state index contributed by atoms with van der Waals surface area (Å²) in [4.78, 5) is 9.68. The molecule has 3 rings (SSSR count). The molecule has 1 aromatic rings. The van der Waals surface area contributed by atoms with E-state index in [0.29, 0.717) is 0 Å². The van der Waals surface area contributed by atoms with Gasteiger partial charge in [-0.25, -0.2) is 4.98 Å². The third-order valence-electron chi connectivity index (χ3n) is 4.65. The monoisotopic (exact) mass is 277 g/mol. The smallest absolute Gasteiger partial charge is 0.226 e. The van der Waals surface area contributed by atoms with Crippen molar-refractivity contribution in [3.63, 3.8) is 0 Å². The molecule has 2 aliphatic rings. The fourth-order valence-electron chi connectivity index (χ4n) is 3.58. The second-order valence-corrected chi connectivity index (χ2v) is 6.14. The molecular weight excluding hydrogens is 250 g/mol. The normalized spacial score (nSPS) is 23.6. The summed E-state index contributed by atoms with van der Waals surface area (Å²) in [7, 11) is 0. The van der Waals surface area contributed by atoms with Gasteiger partial charge in [-0.1, -0.05) is 25.7 Å². The summed E-state index contributed by atoms with van der Waals surface area (Å²) < 4.78 is 5.69. The summed E-state index contributed by atoms with van der Waals surface area (Å²) in [5, 5.41) is 0. The first kappa shape index (κ1) is 14.1. The Hall–Kier alpha value is -0.870. The van der Waals surface area contributed by atoms with E-state index in [1.807, 2.05) is 0 Å². The van der Waals surface area contributed by atoms with Crippen LogP contribution in [0.5, 0.6) is 0 Å². The Morgan fingerprint density at radius 3 is 1.70 bits per heavy atom. The Bertz CT molecular complexity index is 343. The highest BCUT2D eigenvalue weighted by molar-refractivity contribution is 4.92. The lowest BCUT2D eigenvalue weighted by Crippen LogP contribution is -2.42. The van der Waals surface area contributed by atoms with Crippen LogP contribution in [0.15, 0.2) is 16.9 Å². The topological polar surface area (TPSA) is 32.5 Å². The van der Waals surface area contributed by atoms with E-state index in [1.54, 1.807) is 12.5 Å². The maximum atomic E-state index is 5.69. The number of aromatic nitrogens is 1. The summed E-state index contributed by atoms with van der Waals surface area (Å²) in [6, 6.07) is 0. The Labute approximate surface area is 122 Å². The van der Waals surface area contributed by atoms with Gasteiger partial charge in [0.1, 0.15) is 12.4 Å². The first-order chi connectivity index (χ1) is 9.95. The standard InChI is InChI=1S/C16H27N3O/c1-2-6-11-18(10-5-1)16(15-17-9-14-20-15)19-12-7-3-4-8-13-19/h9,14,16H,1-8,10-13H2. The van der Waals surface area contributed by atoms with Gasteiger partial charge in [-0.15, -0.1) is 0 Å². The molecule has 0 N–H and O–H groups in total. The predicted molar refractivity (Wildman–Crippen MR) is 79.3 cm³/mol. The van der Waals surface area contributed by atoms with Crippen LogP contribution in [0.2, 0.25) is 0 Å². The fraction of sp³-hybridized carbons (Fsp3) is 0.812. The Morgan fingerprint density at radius 1 is 0.800 bits per heavy atom. The largest absolute Gasteiger partial charge is 0.446 e. The molecule has 4 nitrogen and oxygen atoms in total. The molecular formula is C16H27N3O. The summed E-state index contributed by atoms with van der Waals surface area (Å²) >= 11 is 0. The minimum Gasteiger partial charge on any atom is -0.446 e. The Morgan fingerprint density at radius 2 is 1.30 bits per heavy atom. The molecule has 0 spiro atoms. The molecule has 4 heteroatoms. The highest BCUT2D eigenvalue weighted by atomic mass is 16.3. The third kappa shape index (κ3) is 3.41. The molecule has 0 aromatic carbocycles. The van der Waals surface area contributed by atoms with Gasteiger partial charge in [0.25, 0.3) is 0 Å². The van der Waals surface area contributed by atoms with Crippen molar-refractivity contribution in [1.29, 1.82) is 0 Å². The van der Waals surface area contributed by atoms with Gasteiger partial charge in [0.05, 0.1) is 6.20 Å². The van der Waals surface area contributed by atoms with Gasteiger partial charge < -0.3 is 4.42 Å². The van der Waals surface area contributed by atoms with Crippen LogP contribution in [0, 0.1) is 0 Å². The highest BCUT2D eigenvalue weighted by Gasteiger charge is 2.30. The van der Waals surface area contributed by atoms with Crippen LogP contribution < -0.4 is 0 Å². The number of oxazole rings is 1. The van der Waals surface area contributed by atoms with Crippen LogP contribution in [0.25, 0.3) is 0 Å². The minimum absolute atomic E-state index is 0.265. The van der Waals surface area contributed by atoms with Crippen LogP contribution in [0.1, 0.15) is 63.4 Å². The number of hydrogen-bond donors (Lipinski definition) is 0. The molecule has 0 saturated carbocycles. The van der Waals surface area contributed by atoms with Gasteiger partial charge in [-0.3, -0.25) is 9.80 Å². The summed E-state index contributed by atoms with van der Waals surface area (Å²) in [6.45, 7) is 4.74. The molecule has 20 heavy (non-hydrogen) atoms. The molecule has 2 aliphatic heterocycles. The van der Waals surface area contributed by atoms with Crippen molar-refractivity contribution in [1.82, 2.24) is 14.8 Å². The SMILES string of the molecule is c1coc(C(N2CCCCCC2)N2CCCCCC2)n1. The molecule has 0 atom stereocenters. The van der Waals surface area contributed by atoms with E-state index >= 15 is 0 Å². The quantitative estimate of drug-likeness (QED) is 0.847. The van der Waals surface area contributed by atoms with E-state index < -0.39 is 0 Å². The second-order valence-electron chi connectivity index (χ2n) is 6.14. The first-order valence-corrected chi connectivity index (χ1v) is 8.32. The highest BCUT2D eigenvalue weighted by Crippen LogP contribution is 2.28. The lowest BCUT2D eigenvalue weighted by molar-refractivity contribution is 0.0255. The van der Waals surface area contributed by atoms with Crippen molar-refractivity contribution in [3.8, 4) is 0 Å². The van der Waals surface area contributed by atoms with E-state index in [2.05, 4.69) is 14.8 Å². The zero-order valence-electron chi connectivity index (χ0n) is 12.5. The molecule has 0 unspecified atom stereocenters. The van der Waals surface area contributed by atoms with Gasteiger partial charge in [0.2, 0.25) is 5.89 Å². The van der Waals surface area contributed by atoms with Gasteiger partial charge >= 0.3 is 0 Å². The molecule has 0 radical (unpaired) electrons. The van der Waals surface area contributed by atoms with Crippen LogP contribution in [0.4, 0.5) is 0 Å². The van der Waals surface area contributed by atoms with E-state index in [9.17, 15) is 0 Å². The molecule has 0 amide bonds. The number of likely N-dealkylation sites (tertiary alicyclic amines) is 2. The van der Waals surface area contributed by atoms with Crippen LogP contribution in [0.3, 0.4) is 0 Å². The molecule has 0 aliphatic carbocycles. The van der Waals surface area contributed by atoms with Crippen molar-refractivity contribution >= 4 is 0 Å². The second kappa shape index (κ2) is 7.23. The lowest BCUT2D eigenvalue weighted by Gasteiger charge is -2.36. The molecule has 2 saturated heterocycles. The maximum absolute atomic E-state index is 5.69. The van der Waals surface area contributed by atoms with Crippen molar-refractivity contribution in [2.45, 2.75) is 57.5 Å². The van der Waals surface area contributed by atoms with Crippen LogP contribution in [-0.2, 0) is 0 Å². The van der Waals surface area contributed by atoms with E-state index in [0.717, 1.165) is 5.89 Å². The minimum atomic E-state index is 0.265. The van der Waals surface area contributed by atoms with Gasteiger partial charge in [0, 0.05) is 26.2 Å². The summed E-state index contributed by atoms with van der Waals surface area (Å²) in [5.41, 5.74) is 0. The number of nitrogens with zero attached hydrogens (tertiary/aromatic N) is 3. The van der Waals surface area contributed by atoms with Gasteiger partial charge in [-0.05, 0) is 25.7 Å². The zero-order chi connectivity index (χ0) is 13.6. The zero-order valence-corrected chi connectivity index (χ0v) is 12.5. The molecule has 3 heterocycles. The van der Waals surface area contributed by atoms with Crippen molar-refractivity contribution in [2.24, 2.45) is 0 Å². The number of hydrogen-bond acceptors (Lipinski definition) is 4. The van der Waals surface area contributed by atoms with E-state index in [-0.39, 0.29) is 6.17 Å². The molecule has 112 valence electrons. The van der Waals surface area contributed by atoms with Crippen molar-refractivity contribution < 1.29 is 4.42 Å². The lowest BCUT2D eigenvalue weighted by atomic mass is 10.2. The first-order valence-electron chi connectivity index (χ1n) is 8.32. The molecule has 2 fully saturated rings. The average Bonchev–Trinajstić information content (AvgIpc) is 2.71. The Kier molecular flexibility index (Phi) is 5.09. The third-order valence-corrected chi connectivity index (χ3v) is 4.65. The maximum Gasteiger partial charge on any atom is 0.226 e.